The maximum absolute atomic E-state index is 11.7. The second-order valence-corrected chi connectivity index (χ2v) is 16.8. The Morgan fingerprint density at radius 2 is 1.49 bits per heavy atom. The van der Waals surface area contributed by atoms with E-state index in [1.165, 1.54) is 42.1 Å². The molecule has 0 unspecified atom stereocenters. The molecule has 5 aromatic rings. The minimum Gasteiger partial charge on any atom is -0.512 e. The Morgan fingerprint density at radius 1 is 0.872 bits per heavy atom. The van der Waals surface area contributed by atoms with Crippen molar-refractivity contribution in [3.05, 3.63) is 89.8 Å². The number of ketones is 1. The third-order valence-electron chi connectivity index (χ3n) is 9.04. The van der Waals surface area contributed by atoms with Crippen molar-refractivity contribution in [1.29, 1.82) is 0 Å². The second-order valence-electron chi connectivity index (χ2n) is 13.9. The van der Waals surface area contributed by atoms with Crippen LogP contribution in [-0.2, 0) is 36.7 Å². The Kier molecular flexibility index (Phi) is 14.5. The van der Waals surface area contributed by atoms with Gasteiger partial charge in [0.2, 0.25) is 0 Å². The van der Waals surface area contributed by atoms with Crippen LogP contribution >= 0.6 is 0 Å². The quantitative estimate of drug-likeness (QED) is 0.0657. The number of aliphatic hydroxyl groups excluding tert-OH is 1. The van der Waals surface area contributed by atoms with E-state index in [0.717, 1.165) is 43.4 Å². The van der Waals surface area contributed by atoms with Crippen LogP contribution in [0.2, 0.25) is 0 Å². The van der Waals surface area contributed by atoms with E-state index in [9.17, 15) is 9.90 Å². The standard InChI is InChI=1S/C29H28NTe.C13H24O2.Ir/c1-18(2)15-20-10-8-12-23-24-13-14-30-26(28(24)31-27(20)23)21-16-19-9-6-7-11-22(19)25(17-21)29(3,4)5;1-5-10(6-2)12(14)9-13(15)11(7-3)8-4;/h6-14,17-18H,15H2,1-5H3;9-11,14H,5-8H2,1-4H3;/q-1;;/b;12-9-;. The predicted molar refractivity (Wildman–Crippen MR) is 199 cm³/mol. The van der Waals surface area contributed by atoms with Gasteiger partial charge in [0.25, 0.3) is 0 Å². The fourth-order valence-corrected chi connectivity index (χ4v) is 10.1. The van der Waals surface area contributed by atoms with Gasteiger partial charge in [-0.25, -0.2) is 0 Å². The molecule has 3 nitrogen and oxygen atoms in total. The van der Waals surface area contributed by atoms with Crippen molar-refractivity contribution < 1.29 is 30.0 Å². The zero-order chi connectivity index (χ0) is 33.6. The van der Waals surface area contributed by atoms with Gasteiger partial charge in [0.1, 0.15) is 0 Å². The summed E-state index contributed by atoms with van der Waals surface area (Å²) in [4.78, 5) is 16.6. The van der Waals surface area contributed by atoms with Gasteiger partial charge in [-0.2, -0.15) is 0 Å². The number of allylic oxidation sites excluding steroid dienone is 2. The third kappa shape index (κ3) is 9.25. The SMILES string of the molecule is CC(C)Cc1cccc2c1[te]c1c(-c3[c-]c4ccccc4c(C(C)(C)C)c3)nccc12.CCC(CC)C(=O)/C=C(\O)C(CC)CC.[Ir]. The summed E-state index contributed by atoms with van der Waals surface area (Å²) >= 11 is -0.486. The summed E-state index contributed by atoms with van der Waals surface area (Å²) in [5.74, 6) is 1.22. The van der Waals surface area contributed by atoms with Gasteiger partial charge in [-0.1, -0.05) is 27.7 Å². The Hall–Kier alpha value is -2.28. The molecule has 0 aliphatic rings. The van der Waals surface area contributed by atoms with E-state index in [4.69, 9.17) is 4.98 Å². The van der Waals surface area contributed by atoms with Crippen molar-refractivity contribution >= 4 is 54.6 Å². The Labute approximate surface area is 306 Å². The second kappa shape index (κ2) is 17.4. The summed E-state index contributed by atoms with van der Waals surface area (Å²) in [7, 11) is 0. The number of rotatable bonds is 10. The Balaban J connectivity index is 0.000000322. The predicted octanol–water partition coefficient (Wildman–Crippen LogP) is 11.4. The number of nitrogens with zero attached hydrogens (tertiary/aromatic N) is 1. The smallest absolute Gasteiger partial charge is 0.162 e. The van der Waals surface area contributed by atoms with Gasteiger partial charge in [0.05, 0.1) is 5.76 Å². The zero-order valence-electron chi connectivity index (χ0n) is 29.7. The first-order valence-electron chi connectivity index (χ1n) is 17.1. The molecule has 0 aliphatic heterocycles. The number of aliphatic hydroxyl groups is 1. The van der Waals surface area contributed by atoms with Crippen LogP contribution in [0.15, 0.2) is 72.6 Å². The fourth-order valence-electron chi connectivity index (χ4n) is 6.33. The molecule has 0 atom stereocenters. The van der Waals surface area contributed by atoms with Crippen molar-refractivity contribution in [2.75, 3.05) is 0 Å². The van der Waals surface area contributed by atoms with Crippen LogP contribution in [0.5, 0.6) is 0 Å². The summed E-state index contributed by atoms with van der Waals surface area (Å²) in [6, 6.07) is 23.8. The summed E-state index contributed by atoms with van der Waals surface area (Å²) < 4.78 is 3.09. The van der Waals surface area contributed by atoms with Crippen LogP contribution in [0.3, 0.4) is 0 Å². The molecule has 0 saturated carbocycles. The number of fused-ring (bicyclic) bond motifs is 4. The molecule has 2 aromatic heterocycles. The molecule has 5 rings (SSSR count). The van der Waals surface area contributed by atoms with Crippen molar-refractivity contribution in [3.63, 3.8) is 0 Å². The number of hydrogen-bond donors (Lipinski definition) is 1. The summed E-state index contributed by atoms with van der Waals surface area (Å²) in [5.41, 5.74) is 5.25. The van der Waals surface area contributed by atoms with Gasteiger partial charge in [0, 0.05) is 38.0 Å². The van der Waals surface area contributed by atoms with Crippen molar-refractivity contribution in [2.45, 2.75) is 99.8 Å². The first kappa shape index (κ1) is 39.2. The van der Waals surface area contributed by atoms with E-state index in [2.05, 4.69) is 95.3 Å². The monoisotopic (exact) mass is 925 g/mol. The van der Waals surface area contributed by atoms with Gasteiger partial charge in [-0.15, -0.1) is 0 Å². The van der Waals surface area contributed by atoms with Crippen LogP contribution < -0.4 is 0 Å². The molecule has 0 bridgehead atoms. The molecule has 0 spiro atoms. The largest absolute Gasteiger partial charge is 0.512 e. The van der Waals surface area contributed by atoms with Gasteiger partial charge in [-0.3, -0.25) is 4.79 Å². The molecule has 1 N–H and O–H groups in total. The zero-order valence-corrected chi connectivity index (χ0v) is 34.4. The molecule has 0 saturated heterocycles. The first-order chi connectivity index (χ1) is 21.9. The normalized spacial score (nSPS) is 12.2. The summed E-state index contributed by atoms with van der Waals surface area (Å²) in [5, 5.41) is 15.1. The van der Waals surface area contributed by atoms with Gasteiger partial charge < -0.3 is 5.11 Å². The maximum atomic E-state index is 11.7. The third-order valence-corrected chi connectivity index (χ3v) is 12.8. The number of carbonyl (C=O) groups is 1. The fraction of sp³-hybridized carbons (Fsp3) is 0.429. The number of hydrogen-bond acceptors (Lipinski definition) is 3. The van der Waals surface area contributed by atoms with Crippen LogP contribution in [0.1, 0.15) is 99.1 Å². The van der Waals surface area contributed by atoms with E-state index in [1.54, 1.807) is 3.40 Å². The Morgan fingerprint density at radius 3 is 2.11 bits per heavy atom. The van der Waals surface area contributed by atoms with Gasteiger partial charge >= 0.3 is 195 Å². The van der Waals surface area contributed by atoms with Crippen molar-refractivity contribution in [3.8, 4) is 11.3 Å². The molecule has 47 heavy (non-hydrogen) atoms. The molecule has 0 aliphatic carbocycles. The number of carbonyl (C=O) groups excluding carboxylic acids is 1. The van der Waals surface area contributed by atoms with E-state index in [-0.39, 0.29) is 48.9 Å². The van der Waals surface area contributed by atoms with Crippen LogP contribution in [-0.4, -0.2) is 36.3 Å². The molecule has 0 fully saturated rings. The van der Waals surface area contributed by atoms with E-state index in [1.807, 2.05) is 33.9 Å². The van der Waals surface area contributed by atoms with Gasteiger partial charge in [0.15, 0.2) is 5.78 Å². The molecular formula is C42H52IrNO2Te-. The number of aromatic nitrogens is 1. The molecule has 5 heteroatoms. The summed E-state index contributed by atoms with van der Waals surface area (Å²) in [6.07, 6.45) is 8.05. The van der Waals surface area contributed by atoms with E-state index >= 15 is 0 Å². The summed E-state index contributed by atoms with van der Waals surface area (Å²) in [6.45, 7) is 19.6. The van der Waals surface area contributed by atoms with Crippen LogP contribution in [0.25, 0.3) is 39.6 Å². The Bertz CT molecular complexity index is 1820. The number of benzene rings is 3. The van der Waals surface area contributed by atoms with Gasteiger partial charge in [-0.05, 0) is 25.7 Å². The molecule has 253 valence electrons. The molecule has 3 aromatic carbocycles. The molecule has 2 heterocycles. The minimum absolute atomic E-state index is 0. The average Bonchev–Trinajstić information content (AvgIpc) is 3.41. The van der Waals surface area contributed by atoms with E-state index in [0.29, 0.717) is 5.92 Å². The maximum Gasteiger partial charge on any atom is 0.162 e. The molecule has 0 amide bonds. The van der Waals surface area contributed by atoms with Crippen molar-refractivity contribution in [2.24, 2.45) is 17.8 Å². The average molecular weight is 923 g/mol. The van der Waals surface area contributed by atoms with E-state index < -0.39 is 20.4 Å². The topological polar surface area (TPSA) is 50.2 Å². The first-order valence-corrected chi connectivity index (χ1v) is 19.5. The molecular weight excluding hydrogens is 870 g/mol. The minimum atomic E-state index is -0.486. The van der Waals surface area contributed by atoms with Crippen LogP contribution in [0, 0.1) is 23.8 Å². The van der Waals surface area contributed by atoms with Crippen LogP contribution in [0.4, 0.5) is 0 Å². The number of pyridine rings is 1. The van der Waals surface area contributed by atoms with Crippen molar-refractivity contribution in [1.82, 2.24) is 4.98 Å². The molecule has 1 radical (unpaired) electrons.